The predicted octanol–water partition coefficient (Wildman–Crippen LogP) is 1.40. The van der Waals surface area contributed by atoms with Crippen LogP contribution in [0.4, 0.5) is 4.39 Å². The Bertz CT molecular complexity index is 534. The van der Waals surface area contributed by atoms with E-state index in [1.54, 1.807) is 4.90 Å². The lowest BCUT2D eigenvalue weighted by Gasteiger charge is -2.20. The first-order chi connectivity index (χ1) is 10.1. The third-order valence-electron chi connectivity index (χ3n) is 2.93. The zero-order chi connectivity index (χ0) is 15.7. The normalized spacial score (nSPS) is 9.90. The molecule has 0 aliphatic heterocycles. The van der Waals surface area contributed by atoms with Crippen molar-refractivity contribution in [2.24, 2.45) is 0 Å². The predicted molar refractivity (Wildman–Crippen MR) is 78.3 cm³/mol. The van der Waals surface area contributed by atoms with Gasteiger partial charge in [-0.05, 0) is 31.5 Å². The summed E-state index contributed by atoms with van der Waals surface area (Å²) < 4.78 is 13.9. The lowest BCUT2D eigenvalue weighted by molar-refractivity contribution is 0.0754. The molecule has 2 N–H and O–H groups in total. The van der Waals surface area contributed by atoms with Crippen molar-refractivity contribution >= 4 is 5.91 Å². The van der Waals surface area contributed by atoms with Gasteiger partial charge in [0.15, 0.2) is 0 Å². The summed E-state index contributed by atoms with van der Waals surface area (Å²) in [4.78, 5) is 13.8. The van der Waals surface area contributed by atoms with Crippen molar-refractivity contribution in [3.63, 3.8) is 0 Å². The van der Waals surface area contributed by atoms with Gasteiger partial charge in [0.1, 0.15) is 5.82 Å². The average Bonchev–Trinajstić information content (AvgIpc) is 2.49. The van der Waals surface area contributed by atoms with Gasteiger partial charge in [-0.2, -0.15) is 0 Å². The summed E-state index contributed by atoms with van der Waals surface area (Å²) in [5, 5.41) is 17.4. The van der Waals surface area contributed by atoms with Crippen LogP contribution in [0.1, 0.15) is 35.7 Å². The molecule has 0 radical (unpaired) electrons. The highest BCUT2D eigenvalue weighted by molar-refractivity contribution is 5.94. The molecular weight excluding hydrogens is 273 g/mol. The van der Waals surface area contributed by atoms with Gasteiger partial charge in [0.25, 0.3) is 5.91 Å². The highest BCUT2D eigenvalue weighted by Crippen LogP contribution is 2.12. The maximum Gasteiger partial charge on any atom is 0.253 e. The van der Waals surface area contributed by atoms with Crippen molar-refractivity contribution in [1.29, 1.82) is 0 Å². The van der Waals surface area contributed by atoms with Crippen LogP contribution in [0.15, 0.2) is 18.2 Å². The Labute approximate surface area is 124 Å². The molecule has 0 fully saturated rings. The van der Waals surface area contributed by atoms with Crippen molar-refractivity contribution in [1.82, 2.24) is 4.90 Å². The molecule has 0 atom stereocenters. The molecular formula is C16H20FNO3. The van der Waals surface area contributed by atoms with Gasteiger partial charge in [0.2, 0.25) is 0 Å². The van der Waals surface area contributed by atoms with Gasteiger partial charge in [-0.15, -0.1) is 0 Å². The smallest absolute Gasteiger partial charge is 0.253 e. The molecule has 0 aromatic heterocycles. The van der Waals surface area contributed by atoms with Gasteiger partial charge < -0.3 is 15.1 Å². The van der Waals surface area contributed by atoms with E-state index in [-0.39, 0.29) is 36.7 Å². The number of carbonyl (C=O) groups excluding carboxylic acids is 1. The lowest BCUT2D eigenvalue weighted by atomic mass is 10.1. The average molecular weight is 293 g/mol. The first-order valence-electron chi connectivity index (χ1n) is 6.93. The fourth-order valence-corrected chi connectivity index (χ4v) is 1.81. The highest BCUT2D eigenvalue weighted by atomic mass is 19.1. The maximum absolute atomic E-state index is 13.9. The molecule has 0 aliphatic carbocycles. The summed E-state index contributed by atoms with van der Waals surface area (Å²) >= 11 is 0. The molecule has 0 saturated carbocycles. The molecule has 0 heterocycles. The second-order valence-corrected chi connectivity index (χ2v) is 4.43. The molecule has 0 spiro atoms. The molecule has 4 nitrogen and oxygen atoms in total. The van der Waals surface area contributed by atoms with E-state index in [9.17, 15) is 9.18 Å². The quantitative estimate of drug-likeness (QED) is 0.780. The van der Waals surface area contributed by atoms with Crippen LogP contribution in [0, 0.1) is 17.7 Å². The van der Waals surface area contributed by atoms with E-state index in [0.717, 1.165) is 0 Å². The lowest BCUT2D eigenvalue weighted by Crippen LogP contribution is -2.32. The van der Waals surface area contributed by atoms with Gasteiger partial charge in [-0.3, -0.25) is 4.79 Å². The fourth-order valence-electron chi connectivity index (χ4n) is 1.81. The van der Waals surface area contributed by atoms with Crippen LogP contribution in [0.5, 0.6) is 0 Å². The number of amides is 1. The van der Waals surface area contributed by atoms with E-state index in [2.05, 4.69) is 11.8 Å². The van der Waals surface area contributed by atoms with Crippen molar-refractivity contribution < 1.29 is 19.4 Å². The number of rotatable bonds is 6. The van der Waals surface area contributed by atoms with E-state index < -0.39 is 5.82 Å². The summed E-state index contributed by atoms with van der Waals surface area (Å²) in [7, 11) is 0. The Morgan fingerprint density at radius 1 is 1.33 bits per heavy atom. The molecule has 5 heteroatoms. The van der Waals surface area contributed by atoms with Gasteiger partial charge in [0, 0.05) is 31.7 Å². The highest BCUT2D eigenvalue weighted by Gasteiger charge is 2.15. The Hall–Kier alpha value is -1.90. The second-order valence-electron chi connectivity index (χ2n) is 4.43. The number of nitrogens with zero attached hydrogens (tertiary/aromatic N) is 1. The standard InChI is InChI=1S/C16H20FNO3/c1-2-18(9-5-11-20)16(21)14-8-7-13(15(17)12-14)6-3-4-10-19/h7-8,12,19-20H,2,4-5,9-11H2,1H3. The Balaban J connectivity index is 2.87. The minimum atomic E-state index is -0.551. The molecule has 0 aliphatic rings. The van der Waals surface area contributed by atoms with Crippen LogP contribution < -0.4 is 0 Å². The Morgan fingerprint density at radius 3 is 2.67 bits per heavy atom. The summed E-state index contributed by atoms with van der Waals surface area (Å²) in [5.74, 6) is 4.44. The van der Waals surface area contributed by atoms with E-state index in [1.165, 1.54) is 18.2 Å². The summed E-state index contributed by atoms with van der Waals surface area (Å²) in [6.07, 6.45) is 0.775. The van der Waals surface area contributed by atoms with E-state index in [4.69, 9.17) is 10.2 Å². The molecule has 0 saturated heterocycles. The zero-order valence-electron chi connectivity index (χ0n) is 12.1. The molecule has 0 bridgehead atoms. The molecule has 1 amide bonds. The summed E-state index contributed by atoms with van der Waals surface area (Å²) in [5.41, 5.74) is 0.471. The van der Waals surface area contributed by atoms with Gasteiger partial charge in [-0.25, -0.2) is 4.39 Å². The molecule has 21 heavy (non-hydrogen) atoms. The number of hydrogen-bond donors (Lipinski definition) is 2. The number of benzene rings is 1. The van der Waals surface area contributed by atoms with Gasteiger partial charge >= 0.3 is 0 Å². The van der Waals surface area contributed by atoms with Crippen LogP contribution in [-0.2, 0) is 0 Å². The first kappa shape index (κ1) is 17.2. The molecule has 1 rings (SSSR count). The number of aliphatic hydroxyl groups excluding tert-OH is 2. The van der Waals surface area contributed by atoms with Crippen molar-refractivity contribution in [2.75, 3.05) is 26.3 Å². The van der Waals surface area contributed by atoms with Crippen LogP contribution in [0.2, 0.25) is 0 Å². The van der Waals surface area contributed by atoms with Crippen LogP contribution in [0.3, 0.4) is 0 Å². The van der Waals surface area contributed by atoms with Crippen LogP contribution in [-0.4, -0.2) is 47.3 Å². The van der Waals surface area contributed by atoms with E-state index >= 15 is 0 Å². The van der Waals surface area contributed by atoms with Crippen LogP contribution in [0.25, 0.3) is 0 Å². The largest absolute Gasteiger partial charge is 0.396 e. The molecule has 0 unspecified atom stereocenters. The summed E-state index contributed by atoms with van der Waals surface area (Å²) in [6, 6.07) is 4.18. The van der Waals surface area contributed by atoms with Crippen molar-refractivity contribution in [3.8, 4) is 11.8 Å². The second kappa shape index (κ2) is 9.11. The third kappa shape index (κ3) is 5.18. The SMILES string of the molecule is CCN(CCCO)C(=O)c1ccc(C#CCCO)c(F)c1. The van der Waals surface area contributed by atoms with Gasteiger partial charge in [0.05, 0.1) is 12.2 Å². The number of aliphatic hydroxyl groups is 2. The molecule has 1 aromatic carbocycles. The minimum Gasteiger partial charge on any atom is -0.396 e. The fraction of sp³-hybridized carbons (Fsp3) is 0.438. The minimum absolute atomic E-state index is 0.0114. The van der Waals surface area contributed by atoms with Crippen LogP contribution >= 0.6 is 0 Å². The van der Waals surface area contributed by atoms with Gasteiger partial charge in [-0.1, -0.05) is 11.8 Å². The topological polar surface area (TPSA) is 60.8 Å². The van der Waals surface area contributed by atoms with E-state index in [0.29, 0.717) is 19.5 Å². The molecule has 114 valence electrons. The Kier molecular flexibility index (Phi) is 7.44. The number of halogens is 1. The number of carbonyl (C=O) groups is 1. The maximum atomic E-state index is 13.9. The van der Waals surface area contributed by atoms with Crippen molar-refractivity contribution in [3.05, 3.63) is 35.1 Å². The van der Waals surface area contributed by atoms with E-state index in [1.807, 2.05) is 6.92 Å². The van der Waals surface area contributed by atoms with Crippen molar-refractivity contribution in [2.45, 2.75) is 19.8 Å². The third-order valence-corrected chi connectivity index (χ3v) is 2.93. The first-order valence-corrected chi connectivity index (χ1v) is 6.93. The zero-order valence-corrected chi connectivity index (χ0v) is 12.1. The molecule has 1 aromatic rings. The summed E-state index contributed by atoms with van der Waals surface area (Å²) in [6.45, 7) is 2.71. The number of hydrogen-bond acceptors (Lipinski definition) is 3. The monoisotopic (exact) mass is 293 g/mol. The Morgan fingerprint density at radius 2 is 2.10 bits per heavy atom.